The average Bonchev–Trinajstić information content (AvgIpc) is 3.01. The van der Waals surface area contributed by atoms with Crippen LogP contribution in [0, 0.1) is 5.92 Å². The summed E-state index contributed by atoms with van der Waals surface area (Å²) in [5.41, 5.74) is 1.79. The SMILES string of the molecule is CC(C)c1ccccc1[C@](C)(O)C1CC1. The van der Waals surface area contributed by atoms with E-state index < -0.39 is 5.60 Å². The van der Waals surface area contributed by atoms with Gasteiger partial charge in [-0.05, 0) is 42.7 Å². The molecule has 0 aromatic heterocycles. The highest BCUT2D eigenvalue weighted by Crippen LogP contribution is 2.47. The molecule has 1 aromatic carbocycles. The number of benzene rings is 1. The van der Waals surface area contributed by atoms with Gasteiger partial charge >= 0.3 is 0 Å². The quantitative estimate of drug-likeness (QED) is 0.799. The second-order valence-electron chi connectivity index (χ2n) is 5.16. The molecule has 1 heteroatoms. The van der Waals surface area contributed by atoms with Crippen molar-refractivity contribution in [1.82, 2.24) is 0 Å². The maximum Gasteiger partial charge on any atom is 0.0899 e. The average molecular weight is 204 g/mol. The Labute approximate surface area is 92.1 Å². The lowest BCUT2D eigenvalue weighted by atomic mass is 9.84. The van der Waals surface area contributed by atoms with Gasteiger partial charge in [-0.3, -0.25) is 0 Å². The van der Waals surface area contributed by atoms with Crippen LogP contribution in [0.2, 0.25) is 0 Å². The first kappa shape index (κ1) is 10.7. The third-order valence-electron chi connectivity index (χ3n) is 3.50. The minimum atomic E-state index is -0.624. The van der Waals surface area contributed by atoms with Crippen LogP contribution >= 0.6 is 0 Å². The van der Waals surface area contributed by atoms with Crippen molar-refractivity contribution in [2.24, 2.45) is 5.92 Å². The fourth-order valence-electron chi connectivity index (χ4n) is 2.33. The van der Waals surface area contributed by atoms with E-state index in [4.69, 9.17) is 0 Å². The van der Waals surface area contributed by atoms with Gasteiger partial charge in [-0.15, -0.1) is 0 Å². The second kappa shape index (κ2) is 3.64. The normalized spacial score (nSPS) is 20.3. The molecule has 0 radical (unpaired) electrons. The number of hydrogen-bond acceptors (Lipinski definition) is 1. The Hall–Kier alpha value is -0.820. The second-order valence-corrected chi connectivity index (χ2v) is 5.16. The Morgan fingerprint density at radius 3 is 2.40 bits per heavy atom. The summed E-state index contributed by atoms with van der Waals surface area (Å²) in [4.78, 5) is 0. The van der Waals surface area contributed by atoms with E-state index in [0.29, 0.717) is 11.8 Å². The monoisotopic (exact) mass is 204 g/mol. The molecule has 1 atom stereocenters. The Morgan fingerprint density at radius 2 is 1.87 bits per heavy atom. The molecule has 1 fully saturated rings. The molecule has 0 heterocycles. The minimum Gasteiger partial charge on any atom is -0.385 e. The van der Waals surface area contributed by atoms with Crippen molar-refractivity contribution in [3.05, 3.63) is 35.4 Å². The Balaban J connectivity index is 2.42. The highest BCUT2D eigenvalue weighted by Gasteiger charge is 2.42. The van der Waals surface area contributed by atoms with Crippen LogP contribution in [0.5, 0.6) is 0 Å². The van der Waals surface area contributed by atoms with E-state index in [9.17, 15) is 5.11 Å². The van der Waals surface area contributed by atoms with Gasteiger partial charge in [0, 0.05) is 0 Å². The third kappa shape index (κ3) is 1.93. The van der Waals surface area contributed by atoms with E-state index in [1.54, 1.807) is 0 Å². The fourth-order valence-corrected chi connectivity index (χ4v) is 2.33. The zero-order valence-corrected chi connectivity index (χ0v) is 9.83. The smallest absolute Gasteiger partial charge is 0.0899 e. The molecule has 1 saturated carbocycles. The van der Waals surface area contributed by atoms with Crippen LogP contribution in [-0.4, -0.2) is 5.11 Å². The standard InChI is InChI=1S/C14H20O/c1-10(2)12-6-4-5-7-13(12)14(3,15)11-8-9-11/h4-7,10-11,15H,8-9H2,1-3H3/t14-/m1/s1. The molecule has 0 bridgehead atoms. The van der Waals surface area contributed by atoms with Crippen LogP contribution in [0.4, 0.5) is 0 Å². The first-order valence-corrected chi connectivity index (χ1v) is 5.85. The molecule has 0 spiro atoms. The molecule has 82 valence electrons. The maximum atomic E-state index is 10.6. The summed E-state index contributed by atoms with van der Waals surface area (Å²) in [7, 11) is 0. The number of aliphatic hydroxyl groups is 1. The highest BCUT2D eigenvalue weighted by atomic mass is 16.3. The lowest BCUT2D eigenvalue weighted by Crippen LogP contribution is -2.25. The maximum absolute atomic E-state index is 10.6. The fraction of sp³-hybridized carbons (Fsp3) is 0.571. The number of rotatable bonds is 3. The van der Waals surface area contributed by atoms with E-state index >= 15 is 0 Å². The van der Waals surface area contributed by atoms with Gasteiger partial charge in [-0.1, -0.05) is 38.1 Å². The van der Waals surface area contributed by atoms with Crippen molar-refractivity contribution in [3.8, 4) is 0 Å². The molecule has 2 rings (SSSR count). The van der Waals surface area contributed by atoms with E-state index in [0.717, 1.165) is 5.56 Å². The molecule has 1 nitrogen and oxygen atoms in total. The van der Waals surface area contributed by atoms with Crippen LogP contribution in [0.25, 0.3) is 0 Å². The lowest BCUT2D eigenvalue weighted by molar-refractivity contribution is 0.0319. The van der Waals surface area contributed by atoms with Gasteiger partial charge < -0.3 is 5.11 Å². The van der Waals surface area contributed by atoms with Crippen LogP contribution < -0.4 is 0 Å². The van der Waals surface area contributed by atoms with Crippen molar-refractivity contribution in [1.29, 1.82) is 0 Å². The van der Waals surface area contributed by atoms with Crippen molar-refractivity contribution in [2.75, 3.05) is 0 Å². The molecule has 15 heavy (non-hydrogen) atoms. The van der Waals surface area contributed by atoms with Crippen LogP contribution in [-0.2, 0) is 5.60 Å². The highest BCUT2D eigenvalue weighted by molar-refractivity contribution is 5.35. The molecule has 0 saturated heterocycles. The van der Waals surface area contributed by atoms with Crippen molar-refractivity contribution < 1.29 is 5.11 Å². The summed E-state index contributed by atoms with van der Waals surface area (Å²) in [6, 6.07) is 8.30. The molecule has 0 aliphatic heterocycles. The minimum absolute atomic E-state index is 0.470. The summed E-state index contributed by atoms with van der Waals surface area (Å²) in [6.45, 7) is 6.33. The molecule has 1 aliphatic carbocycles. The third-order valence-corrected chi connectivity index (χ3v) is 3.50. The largest absolute Gasteiger partial charge is 0.385 e. The molecule has 1 N–H and O–H groups in total. The summed E-state index contributed by atoms with van der Waals surface area (Å²) in [5.74, 6) is 0.948. The Morgan fingerprint density at radius 1 is 1.27 bits per heavy atom. The van der Waals surface area contributed by atoms with Gasteiger partial charge in [0.25, 0.3) is 0 Å². The van der Waals surface area contributed by atoms with Crippen molar-refractivity contribution in [2.45, 2.75) is 45.1 Å². The van der Waals surface area contributed by atoms with E-state index in [1.165, 1.54) is 18.4 Å². The van der Waals surface area contributed by atoms with Crippen LogP contribution in [0.3, 0.4) is 0 Å². The van der Waals surface area contributed by atoms with E-state index in [1.807, 2.05) is 13.0 Å². The topological polar surface area (TPSA) is 20.2 Å². The van der Waals surface area contributed by atoms with E-state index in [-0.39, 0.29) is 0 Å². The van der Waals surface area contributed by atoms with Gasteiger partial charge in [0.1, 0.15) is 0 Å². The van der Waals surface area contributed by atoms with Gasteiger partial charge in [0.15, 0.2) is 0 Å². The molecular weight excluding hydrogens is 184 g/mol. The van der Waals surface area contributed by atoms with Crippen molar-refractivity contribution in [3.63, 3.8) is 0 Å². The predicted molar refractivity (Wildman–Crippen MR) is 62.8 cm³/mol. The Bertz CT molecular complexity index is 348. The van der Waals surface area contributed by atoms with Gasteiger partial charge in [-0.25, -0.2) is 0 Å². The first-order valence-electron chi connectivity index (χ1n) is 5.85. The zero-order chi connectivity index (χ0) is 11.1. The van der Waals surface area contributed by atoms with Gasteiger partial charge in [0.2, 0.25) is 0 Å². The van der Waals surface area contributed by atoms with Crippen LogP contribution in [0.1, 0.15) is 50.7 Å². The summed E-state index contributed by atoms with van der Waals surface area (Å²) in [6.07, 6.45) is 2.33. The summed E-state index contributed by atoms with van der Waals surface area (Å²) < 4.78 is 0. The summed E-state index contributed by atoms with van der Waals surface area (Å²) in [5, 5.41) is 10.6. The first-order chi connectivity index (χ1) is 7.03. The molecule has 0 amide bonds. The van der Waals surface area contributed by atoms with Gasteiger partial charge in [0.05, 0.1) is 5.60 Å². The molecule has 1 aromatic rings. The predicted octanol–water partition coefficient (Wildman–Crippen LogP) is 3.43. The molecule has 0 unspecified atom stereocenters. The Kier molecular flexibility index (Phi) is 2.59. The summed E-state index contributed by atoms with van der Waals surface area (Å²) >= 11 is 0. The van der Waals surface area contributed by atoms with E-state index in [2.05, 4.69) is 32.0 Å². The van der Waals surface area contributed by atoms with Crippen LogP contribution in [0.15, 0.2) is 24.3 Å². The lowest BCUT2D eigenvalue weighted by Gasteiger charge is -2.27. The van der Waals surface area contributed by atoms with Gasteiger partial charge in [-0.2, -0.15) is 0 Å². The van der Waals surface area contributed by atoms with Crippen molar-refractivity contribution >= 4 is 0 Å². The molecule has 1 aliphatic rings. The zero-order valence-electron chi connectivity index (χ0n) is 9.83. The molecular formula is C14H20O. The number of hydrogen-bond donors (Lipinski definition) is 1.